The summed E-state index contributed by atoms with van der Waals surface area (Å²) >= 11 is 0. The highest BCUT2D eigenvalue weighted by molar-refractivity contribution is 14.0. The SMILES string of the molecule is CCCCOCCCNC(=NC)NCc1ccc(C(=O)NC)cc1.I. The van der Waals surface area contributed by atoms with Crippen molar-refractivity contribution >= 4 is 35.8 Å². The first kappa shape index (κ1) is 23.6. The Morgan fingerprint density at radius 3 is 2.40 bits per heavy atom. The monoisotopic (exact) mass is 462 g/mol. The van der Waals surface area contributed by atoms with Crippen LogP contribution >= 0.6 is 24.0 Å². The lowest BCUT2D eigenvalue weighted by Gasteiger charge is -2.12. The van der Waals surface area contributed by atoms with Crippen LogP contribution in [0.5, 0.6) is 0 Å². The molecule has 0 aliphatic heterocycles. The maximum Gasteiger partial charge on any atom is 0.251 e. The standard InChI is InChI=1S/C18H30N4O2.HI/c1-4-5-12-24-13-6-11-21-18(20-3)22-14-15-7-9-16(10-8-15)17(23)19-2;/h7-10H,4-6,11-14H2,1-3H3,(H,19,23)(H2,20,21,22);1H. The molecule has 6 nitrogen and oxygen atoms in total. The molecule has 0 bridgehead atoms. The molecular formula is C18H31IN4O2. The molecule has 3 N–H and O–H groups in total. The highest BCUT2D eigenvalue weighted by atomic mass is 127. The molecule has 0 atom stereocenters. The van der Waals surface area contributed by atoms with Gasteiger partial charge < -0.3 is 20.7 Å². The van der Waals surface area contributed by atoms with E-state index in [1.54, 1.807) is 14.1 Å². The van der Waals surface area contributed by atoms with E-state index < -0.39 is 0 Å². The summed E-state index contributed by atoms with van der Waals surface area (Å²) in [5.74, 6) is 0.687. The zero-order valence-electron chi connectivity index (χ0n) is 15.4. The lowest BCUT2D eigenvalue weighted by atomic mass is 10.1. The smallest absolute Gasteiger partial charge is 0.251 e. The molecule has 0 heterocycles. The van der Waals surface area contributed by atoms with Gasteiger partial charge in [-0.3, -0.25) is 9.79 Å². The summed E-state index contributed by atoms with van der Waals surface area (Å²) in [6.45, 7) is 5.25. The van der Waals surface area contributed by atoms with Gasteiger partial charge in [-0.25, -0.2) is 0 Å². The first-order chi connectivity index (χ1) is 11.7. The number of ether oxygens (including phenoxy) is 1. The minimum atomic E-state index is -0.0758. The predicted molar refractivity (Wildman–Crippen MR) is 114 cm³/mol. The number of nitrogens with one attached hydrogen (secondary N) is 3. The van der Waals surface area contributed by atoms with E-state index in [4.69, 9.17) is 4.74 Å². The molecule has 1 rings (SSSR count). The quantitative estimate of drug-likeness (QED) is 0.216. The fourth-order valence-corrected chi connectivity index (χ4v) is 2.05. The molecule has 1 aromatic carbocycles. The van der Waals surface area contributed by atoms with Crippen molar-refractivity contribution in [3.8, 4) is 0 Å². The molecule has 0 saturated carbocycles. The second-order valence-corrected chi connectivity index (χ2v) is 5.45. The first-order valence-electron chi connectivity index (χ1n) is 8.54. The minimum Gasteiger partial charge on any atom is -0.381 e. The van der Waals surface area contributed by atoms with Gasteiger partial charge in [0.25, 0.3) is 5.91 Å². The van der Waals surface area contributed by atoms with E-state index in [9.17, 15) is 4.79 Å². The van der Waals surface area contributed by atoms with Crippen molar-refractivity contribution in [2.45, 2.75) is 32.7 Å². The molecule has 0 aliphatic rings. The Balaban J connectivity index is 0.00000576. The molecular weight excluding hydrogens is 431 g/mol. The van der Waals surface area contributed by atoms with Crippen molar-refractivity contribution in [3.63, 3.8) is 0 Å². The van der Waals surface area contributed by atoms with Crippen molar-refractivity contribution < 1.29 is 9.53 Å². The topological polar surface area (TPSA) is 74.8 Å². The summed E-state index contributed by atoms with van der Waals surface area (Å²) in [5.41, 5.74) is 1.75. The number of amides is 1. The number of carbonyl (C=O) groups is 1. The van der Waals surface area contributed by atoms with Gasteiger partial charge in [0.15, 0.2) is 5.96 Å². The Morgan fingerprint density at radius 2 is 1.80 bits per heavy atom. The first-order valence-corrected chi connectivity index (χ1v) is 8.54. The molecule has 0 radical (unpaired) electrons. The van der Waals surface area contributed by atoms with Gasteiger partial charge in [0, 0.05) is 46.0 Å². The van der Waals surface area contributed by atoms with E-state index >= 15 is 0 Å². The molecule has 1 aromatic rings. The number of guanidine groups is 1. The predicted octanol–water partition coefficient (Wildman–Crippen LogP) is 2.54. The summed E-state index contributed by atoms with van der Waals surface area (Å²) in [5, 5.41) is 9.13. The Morgan fingerprint density at radius 1 is 1.12 bits per heavy atom. The number of halogens is 1. The van der Waals surface area contributed by atoms with Gasteiger partial charge in [0.1, 0.15) is 0 Å². The van der Waals surface area contributed by atoms with E-state index in [-0.39, 0.29) is 29.9 Å². The van der Waals surface area contributed by atoms with E-state index in [0.29, 0.717) is 12.1 Å². The number of benzene rings is 1. The van der Waals surface area contributed by atoms with E-state index in [2.05, 4.69) is 27.9 Å². The average Bonchev–Trinajstić information content (AvgIpc) is 2.63. The molecule has 7 heteroatoms. The number of hydrogen-bond acceptors (Lipinski definition) is 3. The number of unbranched alkanes of at least 4 members (excludes halogenated alkanes) is 1. The number of nitrogens with zero attached hydrogens (tertiary/aromatic N) is 1. The molecule has 0 unspecified atom stereocenters. The van der Waals surface area contributed by atoms with Crippen LogP contribution in [0.1, 0.15) is 42.1 Å². The molecule has 0 aliphatic carbocycles. The van der Waals surface area contributed by atoms with E-state index in [1.807, 2.05) is 24.3 Å². The molecule has 0 aromatic heterocycles. The lowest BCUT2D eigenvalue weighted by molar-refractivity contribution is 0.0963. The maximum atomic E-state index is 11.5. The third-order valence-corrected chi connectivity index (χ3v) is 3.53. The van der Waals surface area contributed by atoms with Crippen molar-refractivity contribution in [2.75, 3.05) is 33.9 Å². The van der Waals surface area contributed by atoms with Gasteiger partial charge in [-0.1, -0.05) is 25.5 Å². The minimum absolute atomic E-state index is 0. The summed E-state index contributed by atoms with van der Waals surface area (Å²) in [6.07, 6.45) is 3.24. The van der Waals surface area contributed by atoms with Gasteiger partial charge in [-0.05, 0) is 30.5 Å². The second-order valence-electron chi connectivity index (χ2n) is 5.45. The Bertz CT molecular complexity index is 506. The van der Waals surface area contributed by atoms with Gasteiger partial charge >= 0.3 is 0 Å². The largest absolute Gasteiger partial charge is 0.381 e. The molecule has 142 valence electrons. The lowest BCUT2D eigenvalue weighted by Crippen LogP contribution is -2.37. The molecule has 25 heavy (non-hydrogen) atoms. The van der Waals surface area contributed by atoms with Crippen molar-refractivity contribution in [2.24, 2.45) is 4.99 Å². The zero-order valence-corrected chi connectivity index (χ0v) is 17.8. The molecule has 0 spiro atoms. The highest BCUT2D eigenvalue weighted by Crippen LogP contribution is 2.04. The summed E-state index contributed by atoms with van der Waals surface area (Å²) in [6, 6.07) is 7.51. The van der Waals surface area contributed by atoms with Crippen molar-refractivity contribution in [1.29, 1.82) is 0 Å². The van der Waals surface area contributed by atoms with Crippen LogP contribution < -0.4 is 16.0 Å². The third kappa shape index (κ3) is 10.3. The van der Waals surface area contributed by atoms with Crippen LogP contribution in [0.2, 0.25) is 0 Å². The number of carbonyl (C=O) groups excluding carboxylic acids is 1. The molecule has 0 fully saturated rings. The summed E-state index contributed by atoms with van der Waals surface area (Å²) < 4.78 is 5.53. The van der Waals surface area contributed by atoms with Crippen LogP contribution in [0.3, 0.4) is 0 Å². The van der Waals surface area contributed by atoms with Crippen LogP contribution in [-0.2, 0) is 11.3 Å². The van der Waals surface area contributed by atoms with Crippen molar-refractivity contribution in [1.82, 2.24) is 16.0 Å². The fourth-order valence-electron chi connectivity index (χ4n) is 2.05. The average molecular weight is 462 g/mol. The van der Waals surface area contributed by atoms with E-state index in [1.165, 1.54) is 6.42 Å². The Kier molecular flexibility index (Phi) is 14.1. The van der Waals surface area contributed by atoms with Crippen LogP contribution in [0.4, 0.5) is 0 Å². The third-order valence-electron chi connectivity index (χ3n) is 3.53. The second kappa shape index (κ2) is 14.9. The summed E-state index contributed by atoms with van der Waals surface area (Å²) in [4.78, 5) is 15.7. The van der Waals surface area contributed by atoms with Gasteiger partial charge in [0.05, 0.1) is 0 Å². The van der Waals surface area contributed by atoms with Gasteiger partial charge in [-0.2, -0.15) is 0 Å². The van der Waals surface area contributed by atoms with E-state index in [0.717, 1.165) is 44.1 Å². The Hall–Kier alpha value is -1.35. The fraction of sp³-hybridized carbons (Fsp3) is 0.556. The molecule has 1 amide bonds. The van der Waals surface area contributed by atoms with Crippen molar-refractivity contribution in [3.05, 3.63) is 35.4 Å². The van der Waals surface area contributed by atoms with Crippen LogP contribution in [-0.4, -0.2) is 45.7 Å². The zero-order chi connectivity index (χ0) is 17.6. The van der Waals surface area contributed by atoms with Crippen LogP contribution in [0, 0.1) is 0 Å². The molecule has 0 saturated heterocycles. The van der Waals surface area contributed by atoms with Gasteiger partial charge in [0.2, 0.25) is 0 Å². The Labute approximate surface area is 168 Å². The van der Waals surface area contributed by atoms with Crippen LogP contribution in [0.15, 0.2) is 29.3 Å². The number of aliphatic imine (C=N–C) groups is 1. The highest BCUT2D eigenvalue weighted by Gasteiger charge is 2.03. The normalized spacial score (nSPS) is 10.8. The van der Waals surface area contributed by atoms with Gasteiger partial charge in [-0.15, -0.1) is 24.0 Å². The maximum absolute atomic E-state index is 11.5. The summed E-state index contributed by atoms with van der Waals surface area (Å²) in [7, 11) is 3.38. The number of rotatable bonds is 10. The number of hydrogen-bond donors (Lipinski definition) is 3. The van der Waals surface area contributed by atoms with Crippen LogP contribution in [0.25, 0.3) is 0 Å².